The van der Waals surface area contributed by atoms with Gasteiger partial charge >= 0.3 is 0 Å². The van der Waals surface area contributed by atoms with Crippen molar-refractivity contribution in [3.8, 4) is 11.5 Å². The molecule has 1 saturated heterocycles. The second kappa shape index (κ2) is 10.3. The summed E-state index contributed by atoms with van der Waals surface area (Å²) in [6.45, 7) is 2.74. The molecule has 2 amide bonds. The number of methoxy groups -OCH3 is 1. The number of ether oxygens (including phenoxy) is 2. The molecule has 154 valence electrons. The lowest BCUT2D eigenvalue weighted by Crippen LogP contribution is -2.42. The van der Waals surface area contributed by atoms with Crippen LogP contribution in [0.4, 0.5) is 0 Å². The number of carbonyl (C=O) groups is 2. The van der Waals surface area contributed by atoms with Crippen LogP contribution in [0.1, 0.15) is 44.9 Å². The predicted octanol–water partition coefficient (Wildman–Crippen LogP) is 3.01. The summed E-state index contributed by atoms with van der Waals surface area (Å²) in [4.78, 5) is 27.0. The summed E-state index contributed by atoms with van der Waals surface area (Å²) in [5.74, 6) is 2.07. The minimum atomic E-state index is 0.0198. The Balaban J connectivity index is 1.32. The summed E-state index contributed by atoms with van der Waals surface area (Å²) in [5, 5.41) is 2.97. The third-order valence-corrected chi connectivity index (χ3v) is 5.84. The second-order valence-corrected chi connectivity index (χ2v) is 7.75. The highest BCUT2D eigenvalue weighted by molar-refractivity contribution is 5.81. The molecule has 0 unspecified atom stereocenters. The minimum absolute atomic E-state index is 0.0198. The Morgan fingerprint density at radius 1 is 0.964 bits per heavy atom. The van der Waals surface area contributed by atoms with Crippen LogP contribution in [0, 0.1) is 11.8 Å². The molecule has 0 spiro atoms. The fourth-order valence-electron chi connectivity index (χ4n) is 4.13. The highest BCUT2D eigenvalue weighted by Crippen LogP contribution is 2.31. The summed E-state index contributed by atoms with van der Waals surface area (Å²) in [7, 11) is 1.63. The van der Waals surface area contributed by atoms with Crippen LogP contribution in [0.15, 0.2) is 24.3 Å². The molecule has 0 aromatic heterocycles. The number of benzene rings is 1. The molecule has 1 N–H and O–H groups in total. The lowest BCUT2D eigenvalue weighted by molar-refractivity contribution is -0.139. The van der Waals surface area contributed by atoms with Gasteiger partial charge in [-0.05, 0) is 69.2 Å². The summed E-state index contributed by atoms with van der Waals surface area (Å²) in [6.07, 6.45) is 6.75. The Labute approximate surface area is 167 Å². The normalized spacial score (nSPS) is 22.4. The molecule has 1 aliphatic carbocycles. The van der Waals surface area contributed by atoms with Gasteiger partial charge in [-0.25, -0.2) is 0 Å². The number of likely N-dealkylation sites (tertiary alicyclic amines) is 1. The minimum Gasteiger partial charge on any atom is -0.497 e. The highest BCUT2D eigenvalue weighted by Gasteiger charge is 2.32. The van der Waals surface area contributed by atoms with Crippen LogP contribution in [0.2, 0.25) is 0 Å². The van der Waals surface area contributed by atoms with Gasteiger partial charge in [-0.3, -0.25) is 9.59 Å². The number of amides is 2. The smallest absolute Gasteiger partial charge is 0.225 e. The Bertz CT molecular complexity index is 632. The van der Waals surface area contributed by atoms with Gasteiger partial charge in [0, 0.05) is 24.9 Å². The quantitative estimate of drug-likeness (QED) is 0.729. The number of carbonyl (C=O) groups excluding carboxylic acids is 2. The van der Waals surface area contributed by atoms with Crippen molar-refractivity contribution < 1.29 is 19.1 Å². The van der Waals surface area contributed by atoms with Crippen molar-refractivity contribution in [3.63, 3.8) is 0 Å². The summed E-state index contributed by atoms with van der Waals surface area (Å²) in [5.41, 5.74) is 0. The maximum Gasteiger partial charge on any atom is 0.225 e. The fraction of sp³-hybridized carbons (Fsp3) is 0.636. The van der Waals surface area contributed by atoms with E-state index in [0.717, 1.165) is 63.1 Å². The van der Waals surface area contributed by atoms with Crippen molar-refractivity contribution in [1.82, 2.24) is 10.2 Å². The van der Waals surface area contributed by atoms with Gasteiger partial charge in [0.05, 0.1) is 13.7 Å². The molecule has 1 saturated carbocycles. The van der Waals surface area contributed by atoms with E-state index in [4.69, 9.17) is 9.47 Å². The third-order valence-electron chi connectivity index (χ3n) is 5.84. The molecular formula is C22H32N2O4. The van der Waals surface area contributed by atoms with Crippen LogP contribution >= 0.6 is 0 Å². The van der Waals surface area contributed by atoms with Crippen molar-refractivity contribution in [2.45, 2.75) is 44.9 Å². The van der Waals surface area contributed by atoms with Gasteiger partial charge < -0.3 is 19.7 Å². The molecule has 0 radical (unpaired) electrons. The van der Waals surface area contributed by atoms with Gasteiger partial charge in [-0.15, -0.1) is 0 Å². The third kappa shape index (κ3) is 5.63. The molecule has 1 aliphatic heterocycles. The Kier molecular flexibility index (Phi) is 7.57. The van der Waals surface area contributed by atoms with E-state index in [0.29, 0.717) is 19.1 Å². The maximum absolute atomic E-state index is 12.6. The first-order valence-electron chi connectivity index (χ1n) is 10.5. The zero-order valence-corrected chi connectivity index (χ0v) is 16.8. The molecule has 3 rings (SSSR count). The van der Waals surface area contributed by atoms with Crippen molar-refractivity contribution in [3.05, 3.63) is 24.3 Å². The summed E-state index contributed by atoms with van der Waals surface area (Å²) >= 11 is 0. The zero-order chi connectivity index (χ0) is 19.8. The van der Waals surface area contributed by atoms with E-state index in [-0.39, 0.29) is 17.7 Å². The summed E-state index contributed by atoms with van der Waals surface area (Å²) < 4.78 is 10.8. The fourth-order valence-corrected chi connectivity index (χ4v) is 4.13. The van der Waals surface area contributed by atoms with E-state index in [1.54, 1.807) is 7.11 Å². The monoisotopic (exact) mass is 388 g/mol. The van der Waals surface area contributed by atoms with Crippen LogP contribution in [-0.2, 0) is 9.59 Å². The average molecular weight is 389 g/mol. The first-order chi connectivity index (χ1) is 13.7. The second-order valence-electron chi connectivity index (χ2n) is 7.75. The molecule has 28 heavy (non-hydrogen) atoms. The van der Waals surface area contributed by atoms with E-state index < -0.39 is 0 Å². The molecule has 1 aromatic carbocycles. The van der Waals surface area contributed by atoms with Crippen LogP contribution in [0.25, 0.3) is 0 Å². The molecule has 6 nitrogen and oxygen atoms in total. The SMILES string of the molecule is COc1ccc(OCCNC(=O)C2CCC(C(=O)N3CCCCC3)CC2)cc1. The number of nitrogens with zero attached hydrogens (tertiary/aromatic N) is 1. The van der Waals surface area contributed by atoms with Gasteiger partial charge in [0.1, 0.15) is 18.1 Å². The summed E-state index contributed by atoms with van der Waals surface area (Å²) in [6, 6.07) is 7.39. The van der Waals surface area contributed by atoms with Crippen LogP contribution < -0.4 is 14.8 Å². The molecule has 0 atom stereocenters. The number of piperidine rings is 1. The first-order valence-corrected chi connectivity index (χ1v) is 10.5. The van der Waals surface area contributed by atoms with E-state index in [1.165, 1.54) is 6.42 Å². The van der Waals surface area contributed by atoms with Gasteiger partial charge in [0.15, 0.2) is 0 Å². The molecule has 2 fully saturated rings. The standard InChI is InChI=1S/C22H32N2O4/c1-27-19-9-11-20(12-10-19)28-16-13-23-21(25)17-5-7-18(8-6-17)22(26)24-14-3-2-4-15-24/h9-12,17-18H,2-8,13-16H2,1H3,(H,23,25). The lowest BCUT2D eigenvalue weighted by Gasteiger charge is -2.33. The van der Waals surface area contributed by atoms with Crippen LogP contribution in [-0.4, -0.2) is 50.1 Å². The topological polar surface area (TPSA) is 67.9 Å². The Morgan fingerprint density at radius 3 is 2.21 bits per heavy atom. The Morgan fingerprint density at radius 2 is 1.57 bits per heavy atom. The molecule has 0 bridgehead atoms. The van der Waals surface area contributed by atoms with Crippen LogP contribution in [0.5, 0.6) is 11.5 Å². The van der Waals surface area contributed by atoms with Gasteiger partial charge in [0.2, 0.25) is 11.8 Å². The van der Waals surface area contributed by atoms with Gasteiger partial charge in [-0.1, -0.05) is 0 Å². The van der Waals surface area contributed by atoms with E-state index in [1.807, 2.05) is 29.2 Å². The lowest BCUT2D eigenvalue weighted by atomic mass is 9.80. The molecule has 2 aliphatic rings. The number of hydrogen-bond donors (Lipinski definition) is 1. The highest BCUT2D eigenvalue weighted by atomic mass is 16.5. The number of nitrogens with one attached hydrogen (secondary N) is 1. The first kappa shape index (κ1) is 20.5. The molecule has 1 aromatic rings. The van der Waals surface area contributed by atoms with Crippen molar-refractivity contribution in [2.75, 3.05) is 33.4 Å². The molecule has 6 heteroatoms. The van der Waals surface area contributed by atoms with E-state index >= 15 is 0 Å². The van der Waals surface area contributed by atoms with Gasteiger partial charge in [0.25, 0.3) is 0 Å². The zero-order valence-electron chi connectivity index (χ0n) is 16.8. The van der Waals surface area contributed by atoms with Crippen molar-refractivity contribution >= 4 is 11.8 Å². The van der Waals surface area contributed by atoms with Gasteiger partial charge in [-0.2, -0.15) is 0 Å². The van der Waals surface area contributed by atoms with Crippen molar-refractivity contribution in [1.29, 1.82) is 0 Å². The number of hydrogen-bond acceptors (Lipinski definition) is 4. The largest absolute Gasteiger partial charge is 0.497 e. The van der Waals surface area contributed by atoms with Crippen molar-refractivity contribution in [2.24, 2.45) is 11.8 Å². The molecular weight excluding hydrogens is 356 g/mol. The van der Waals surface area contributed by atoms with Crippen LogP contribution in [0.3, 0.4) is 0 Å². The van der Waals surface area contributed by atoms with E-state index in [2.05, 4.69) is 5.32 Å². The molecule has 1 heterocycles. The number of rotatable bonds is 7. The Hall–Kier alpha value is -2.24. The predicted molar refractivity (Wildman–Crippen MR) is 107 cm³/mol. The average Bonchev–Trinajstić information content (AvgIpc) is 2.77. The van der Waals surface area contributed by atoms with E-state index in [9.17, 15) is 9.59 Å². The maximum atomic E-state index is 12.6.